The summed E-state index contributed by atoms with van der Waals surface area (Å²) >= 11 is 5.75. The molecule has 0 bridgehead atoms. The van der Waals surface area contributed by atoms with E-state index >= 15 is 0 Å². The molecule has 0 aromatic carbocycles. The van der Waals surface area contributed by atoms with Crippen molar-refractivity contribution in [2.24, 2.45) is 0 Å². The molecule has 0 heterocycles. The number of rotatable bonds is 9. The van der Waals surface area contributed by atoms with Crippen LogP contribution in [0, 0.1) is 0 Å². The second kappa shape index (κ2) is 8.68. The number of halogens is 1. The lowest BCUT2D eigenvalue weighted by Crippen LogP contribution is -2.34. The van der Waals surface area contributed by atoms with Crippen molar-refractivity contribution in [3.8, 4) is 0 Å². The molecule has 14 heavy (non-hydrogen) atoms. The van der Waals surface area contributed by atoms with Gasteiger partial charge in [-0.3, -0.25) is 0 Å². The summed E-state index contributed by atoms with van der Waals surface area (Å²) in [6, 6.07) is 0. The Morgan fingerprint density at radius 3 is 2.14 bits per heavy atom. The summed E-state index contributed by atoms with van der Waals surface area (Å²) in [6.07, 6.45) is 0. The van der Waals surface area contributed by atoms with Crippen LogP contribution in [0.15, 0.2) is 0 Å². The molecule has 0 unspecified atom stereocenters. The highest BCUT2D eigenvalue weighted by Crippen LogP contribution is 2.05. The molecule has 0 aromatic heterocycles. The fourth-order valence-corrected chi connectivity index (χ4v) is 1.72. The van der Waals surface area contributed by atoms with Gasteiger partial charge in [-0.25, -0.2) is 0 Å². The second-order valence-electron chi connectivity index (χ2n) is 3.55. The van der Waals surface area contributed by atoms with E-state index in [9.17, 15) is 0 Å². The molecule has 0 aliphatic rings. The standard InChI is InChI=1S/C9H21ClO3Si/c1-4-11-5-6-12-7-8-13-14(2,3)9-10/h4-9H2,1-3H3. The minimum absolute atomic E-state index is 0.625. The summed E-state index contributed by atoms with van der Waals surface area (Å²) in [4.78, 5) is 0. The maximum Gasteiger partial charge on any atom is 0.201 e. The summed E-state index contributed by atoms with van der Waals surface area (Å²) < 4.78 is 16.1. The molecule has 0 saturated carbocycles. The lowest BCUT2D eigenvalue weighted by atomic mass is 10.7. The van der Waals surface area contributed by atoms with Crippen molar-refractivity contribution in [3.63, 3.8) is 0 Å². The van der Waals surface area contributed by atoms with E-state index < -0.39 is 8.32 Å². The van der Waals surface area contributed by atoms with Gasteiger partial charge < -0.3 is 13.9 Å². The topological polar surface area (TPSA) is 27.7 Å². The zero-order valence-electron chi connectivity index (χ0n) is 9.35. The average Bonchev–Trinajstić information content (AvgIpc) is 2.16. The molecule has 0 atom stereocenters. The van der Waals surface area contributed by atoms with Gasteiger partial charge in [-0.1, -0.05) is 0 Å². The lowest BCUT2D eigenvalue weighted by Gasteiger charge is -2.19. The number of alkyl halides is 1. The van der Waals surface area contributed by atoms with E-state index in [1.807, 2.05) is 6.92 Å². The van der Waals surface area contributed by atoms with Gasteiger partial charge in [0.15, 0.2) is 0 Å². The summed E-state index contributed by atoms with van der Waals surface area (Å²) in [5, 5.41) is 0. The monoisotopic (exact) mass is 240 g/mol. The molecule has 0 aliphatic heterocycles. The molecular weight excluding hydrogens is 220 g/mol. The highest BCUT2D eigenvalue weighted by atomic mass is 35.5. The molecule has 0 spiro atoms. The van der Waals surface area contributed by atoms with Gasteiger partial charge >= 0.3 is 0 Å². The van der Waals surface area contributed by atoms with Gasteiger partial charge in [-0.2, -0.15) is 0 Å². The quantitative estimate of drug-likeness (QED) is 0.351. The van der Waals surface area contributed by atoms with Gasteiger partial charge in [0.1, 0.15) is 0 Å². The molecule has 86 valence electrons. The highest BCUT2D eigenvalue weighted by molar-refractivity contribution is 6.77. The zero-order chi connectivity index (χ0) is 10.9. The van der Waals surface area contributed by atoms with Crippen LogP contribution in [0.4, 0.5) is 0 Å². The Bertz CT molecular complexity index is 133. The summed E-state index contributed by atoms with van der Waals surface area (Å²) in [7, 11) is -1.60. The number of hydrogen-bond donors (Lipinski definition) is 0. The Labute approximate surface area is 92.8 Å². The Hall–Kier alpha value is 0.387. The molecule has 0 amide bonds. The molecule has 3 nitrogen and oxygen atoms in total. The largest absolute Gasteiger partial charge is 0.414 e. The Balaban J connectivity index is 3.13. The molecule has 0 fully saturated rings. The normalized spacial score (nSPS) is 12.0. The van der Waals surface area contributed by atoms with E-state index in [2.05, 4.69) is 13.1 Å². The van der Waals surface area contributed by atoms with Crippen molar-refractivity contribution in [3.05, 3.63) is 0 Å². The first-order valence-corrected chi connectivity index (χ1v) is 8.63. The number of ether oxygens (including phenoxy) is 2. The minimum atomic E-state index is -1.60. The van der Waals surface area contributed by atoms with Crippen LogP contribution in [0.25, 0.3) is 0 Å². The first-order valence-electron chi connectivity index (χ1n) is 4.98. The van der Waals surface area contributed by atoms with Crippen molar-refractivity contribution in [2.75, 3.05) is 38.5 Å². The molecule has 0 radical (unpaired) electrons. The minimum Gasteiger partial charge on any atom is -0.414 e. The Morgan fingerprint density at radius 2 is 1.57 bits per heavy atom. The molecule has 0 rings (SSSR count). The van der Waals surface area contributed by atoms with Crippen LogP contribution in [0.1, 0.15) is 6.92 Å². The fourth-order valence-electron chi connectivity index (χ4n) is 0.780. The molecular formula is C9H21ClO3Si. The smallest absolute Gasteiger partial charge is 0.201 e. The summed E-state index contributed by atoms with van der Waals surface area (Å²) in [5.41, 5.74) is 0.631. The fraction of sp³-hybridized carbons (Fsp3) is 1.00. The predicted molar refractivity (Wildman–Crippen MR) is 61.5 cm³/mol. The summed E-state index contributed by atoms with van der Waals surface area (Å²) in [5.74, 6) is 0. The van der Waals surface area contributed by atoms with E-state index in [1.54, 1.807) is 0 Å². The molecule has 5 heteroatoms. The molecule has 0 aliphatic carbocycles. The SMILES string of the molecule is CCOCCOCCO[Si](C)(C)CCl. The van der Waals surface area contributed by atoms with Crippen LogP contribution >= 0.6 is 11.6 Å². The van der Waals surface area contributed by atoms with E-state index in [0.29, 0.717) is 31.9 Å². The van der Waals surface area contributed by atoms with Gasteiger partial charge in [-0.05, 0) is 20.0 Å². The van der Waals surface area contributed by atoms with E-state index in [0.717, 1.165) is 6.61 Å². The third-order valence-electron chi connectivity index (χ3n) is 1.62. The van der Waals surface area contributed by atoms with Crippen LogP contribution in [0.5, 0.6) is 0 Å². The molecule has 0 aromatic rings. The first-order chi connectivity index (χ1) is 6.62. The van der Waals surface area contributed by atoms with Gasteiger partial charge in [0.2, 0.25) is 8.32 Å². The average molecular weight is 241 g/mol. The number of hydrogen-bond acceptors (Lipinski definition) is 3. The van der Waals surface area contributed by atoms with Crippen molar-refractivity contribution in [2.45, 2.75) is 20.0 Å². The Kier molecular flexibility index (Phi) is 8.92. The van der Waals surface area contributed by atoms with Crippen molar-refractivity contribution in [1.82, 2.24) is 0 Å². The van der Waals surface area contributed by atoms with Gasteiger partial charge in [0, 0.05) is 12.1 Å². The predicted octanol–water partition coefficient (Wildman–Crippen LogP) is 2.04. The lowest BCUT2D eigenvalue weighted by molar-refractivity contribution is 0.0395. The van der Waals surface area contributed by atoms with Crippen molar-refractivity contribution >= 4 is 19.9 Å². The van der Waals surface area contributed by atoms with E-state index in [-0.39, 0.29) is 0 Å². The van der Waals surface area contributed by atoms with Crippen molar-refractivity contribution in [1.29, 1.82) is 0 Å². The van der Waals surface area contributed by atoms with Crippen LogP contribution in [0.2, 0.25) is 13.1 Å². The van der Waals surface area contributed by atoms with E-state index in [4.69, 9.17) is 25.5 Å². The maximum absolute atomic E-state index is 5.75. The van der Waals surface area contributed by atoms with Crippen LogP contribution < -0.4 is 0 Å². The maximum atomic E-state index is 5.75. The van der Waals surface area contributed by atoms with Crippen LogP contribution in [0.3, 0.4) is 0 Å². The first kappa shape index (κ1) is 14.4. The molecule has 0 N–H and O–H groups in total. The van der Waals surface area contributed by atoms with Crippen molar-refractivity contribution < 1.29 is 13.9 Å². The van der Waals surface area contributed by atoms with Gasteiger partial charge in [0.05, 0.1) is 26.4 Å². The third kappa shape index (κ3) is 8.96. The van der Waals surface area contributed by atoms with Gasteiger partial charge in [0.25, 0.3) is 0 Å². The van der Waals surface area contributed by atoms with Crippen LogP contribution in [-0.2, 0) is 13.9 Å². The van der Waals surface area contributed by atoms with E-state index in [1.165, 1.54) is 0 Å². The van der Waals surface area contributed by atoms with Gasteiger partial charge in [-0.15, -0.1) is 11.6 Å². The molecule has 0 saturated heterocycles. The highest BCUT2D eigenvalue weighted by Gasteiger charge is 2.20. The Morgan fingerprint density at radius 1 is 1.00 bits per heavy atom. The second-order valence-corrected chi connectivity index (χ2v) is 8.43. The van der Waals surface area contributed by atoms with Crippen LogP contribution in [-0.4, -0.2) is 46.9 Å². The third-order valence-corrected chi connectivity index (χ3v) is 5.18. The summed E-state index contributed by atoms with van der Waals surface area (Å²) in [6.45, 7) is 9.47. The zero-order valence-corrected chi connectivity index (χ0v) is 11.1.